The summed E-state index contributed by atoms with van der Waals surface area (Å²) in [7, 11) is 1.92. The Labute approximate surface area is 90.1 Å². The van der Waals surface area contributed by atoms with Crippen LogP contribution >= 0.6 is 0 Å². The quantitative estimate of drug-likeness (QED) is 0.813. The summed E-state index contributed by atoms with van der Waals surface area (Å²) in [6.45, 7) is 2.93. The number of nitrogens with zero attached hydrogens (tertiary/aromatic N) is 1. The van der Waals surface area contributed by atoms with E-state index in [0.717, 1.165) is 18.7 Å². The molecule has 0 radical (unpaired) electrons. The maximum absolute atomic E-state index is 5.32. The minimum absolute atomic E-state index is 0.186. The van der Waals surface area contributed by atoms with Crippen LogP contribution in [0.4, 0.5) is 0 Å². The predicted octanol–water partition coefficient (Wildman–Crippen LogP) is 1.71. The van der Waals surface area contributed by atoms with Gasteiger partial charge in [0, 0.05) is 13.0 Å². The standard InChI is InChI=1S/C12H16N2O/c1-9-3-5-10(6-4-9)12-7-11(8-13-2)15-14-12/h3-6,11,13H,7-8H2,1-2H3/t11-/m0/s1. The fourth-order valence-corrected chi connectivity index (χ4v) is 1.68. The first kappa shape index (κ1) is 10.2. The minimum atomic E-state index is 0.186. The molecule has 0 fully saturated rings. The van der Waals surface area contributed by atoms with E-state index >= 15 is 0 Å². The van der Waals surface area contributed by atoms with E-state index in [1.807, 2.05) is 7.05 Å². The van der Waals surface area contributed by atoms with Gasteiger partial charge in [-0.15, -0.1) is 0 Å². The van der Waals surface area contributed by atoms with Gasteiger partial charge in [-0.1, -0.05) is 35.0 Å². The topological polar surface area (TPSA) is 33.6 Å². The van der Waals surface area contributed by atoms with Gasteiger partial charge in [-0.2, -0.15) is 0 Å². The van der Waals surface area contributed by atoms with Crippen LogP contribution in [0.15, 0.2) is 29.4 Å². The van der Waals surface area contributed by atoms with Crippen molar-refractivity contribution in [1.29, 1.82) is 0 Å². The average Bonchev–Trinajstić information content (AvgIpc) is 2.68. The number of rotatable bonds is 3. The van der Waals surface area contributed by atoms with Gasteiger partial charge in [-0.3, -0.25) is 0 Å². The Hall–Kier alpha value is -1.35. The third-order valence-electron chi connectivity index (χ3n) is 2.55. The third-order valence-corrected chi connectivity index (χ3v) is 2.55. The van der Waals surface area contributed by atoms with Gasteiger partial charge in [0.1, 0.15) is 6.10 Å². The molecule has 2 rings (SSSR count). The summed E-state index contributed by atoms with van der Waals surface area (Å²) in [5, 5.41) is 7.20. The summed E-state index contributed by atoms with van der Waals surface area (Å²) in [6, 6.07) is 8.39. The molecule has 0 saturated carbocycles. The molecular formula is C12H16N2O. The molecule has 80 valence electrons. The highest BCUT2D eigenvalue weighted by molar-refractivity contribution is 6.01. The lowest BCUT2D eigenvalue weighted by Crippen LogP contribution is -2.23. The number of aryl methyl sites for hydroxylation is 1. The molecule has 3 heteroatoms. The second-order valence-corrected chi connectivity index (χ2v) is 3.89. The number of hydrogen-bond donors (Lipinski definition) is 1. The predicted molar refractivity (Wildman–Crippen MR) is 61.1 cm³/mol. The molecule has 1 aromatic carbocycles. The van der Waals surface area contributed by atoms with Gasteiger partial charge in [0.2, 0.25) is 0 Å². The number of benzene rings is 1. The summed E-state index contributed by atoms with van der Waals surface area (Å²) in [5.41, 5.74) is 3.49. The van der Waals surface area contributed by atoms with Crippen LogP contribution in [0.1, 0.15) is 17.5 Å². The molecular weight excluding hydrogens is 188 g/mol. The Morgan fingerprint density at radius 1 is 1.40 bits per heavy atom. The van der Waals surface area contributed by atoms with Crippen LogP contribution in [-0.2, 0) is 4.84 Å². The molecule has 1 aliphatic rings. The second-order valence-electron chi connectivity index (χ2n) is 3.89. The first-order valence-corrected chi connectivity index (χ1v) is 5.24. The van der Waals surface area contributed by atoms with E-state index < -0.39 is 0 Å². The number of oxime groups is 1. The largest absolute Gasteiger partial charge is 0.390 e. The Morgan fingerprint density at radius 2 is 2.13 bits per heavy atom. The smallest absolute Gasteiger partial charge is 0.145 e. The molecule has 1 aliphatic heterocycles. The second kappa shape index (κ2) is 4.45. The molecule has 0 unspecified atom stereocenters. The van der Waals surface area contributed by atoms with Crippen LogP contribution in [0.5, 0.6) is 0 Å². The SMILES string of the molecule is CNC[C@@H]1CC(c2ccc(C)cc2)=NO1. The van der Waals surface area contributed by atoms with Gasteiger partial charge in [0.25, 0.3) is 0 Å². The summed E-state index contributed by atoms with van der Waals surface area (Å²) in [5.74, 6) is 0. The highest BCUT2D eigenvalue weighted by atomic mass is 16.6. The van der Waals surface area contributed by atoms with Crippen LogP contribution in [0.25, 0.3) is 0 Å². The van der Waals surface area contributed by atoms with E-state index in [0.29, 0.717) is 0 Å². The minimum Gasteiger partial charge on any atom is -0.390 e. The summed E-state index contributed by atoms with van der Waals surface area (Å²) in [4.78, 5) is 5.32. The monoisotopic (exact) mass is 204 g/mol. The number of likely N-dealkylation sites (N-methyl/N-ethyl adjacent to an activating group) is 1. The summed E-state index contributed by atoms with van der Waals surface area (Å²) < 4.78 is 0. The fourth-order valence-electron chi connectivity index (χ4n) is 1.68. The van der Waals surface area contributed by atoms with Crippen molar-refractivity contribution in [2.24, 2.45) is 5.16 Å². The maximum atomic E-state index is 5.32. The van der Waals surface area contributed by atoms with Crippen LogP contribution in [0, 0.1) is 6.92 Å². The highest BCUT2D eigenvalue weighted by Gasteiger charge is 2.20. The first-order valence-electron chi connectivity index (χ1n) is 5.24. The molecule has 3 nitrogen and oxygen atoms in total. The molecule has 0 saturated heterocycles. The molecule has 0 spiro atoms. The molecule has 1 atom stereocenters. The Balaban J connectivity index is 2.04. The van der Waals surface area contributed by atoms with Crippen molar-refractivity contribution in [3.8, 4) is 0 Å². The van der Waals surface area contributed by atoms with E-state index in [1.165, 1.54) is 11.1 Å². The van der Waals surface area contributed by atoms with Gasteiger partial charge in [0.05, 0.1) is 5.71 Å². The zero-order chi connectivity index (χ0) is 10.7. The highest BCUT2D eigenvalue weighted by Crippen LogP contribution is 2.16. The lowest BCUT2D eigenvalue weighted by Gasteiger charge is -2.05. The number of hydrogen-bond acceptors (Lipinski definition) is 3. The van der Waals surface area contributed by atoms with Gasteiger partial charge in [0.15, 0.2) is 0 Å². The van der Waals surface area contributed by atoms with Crippen LogP contribution in [0.2, 0.25) is 0 Å². The van der Waals surface area contributed by atoms with E-state index in [2.05, 4.69) is 41.7 Å². The van der Waals surface area contributed by atoms with Crippen LogP contribution in [-0.4, -0.2) is 25.4 Å². The van der Waals surface area contributed by atoms with Gasteiger partial charge < -0.3 is 10.2 Å². The van der Waals surface area contributed by atoms with Crippen molar-refractivity contribution < 1.29 is 4.84 Å². The Bertz CT molecular complexity index is 356. The average molecular weight is 204 g/mol. The van der Waals surface area contributed by atoms with Crippen molar-refractivity contribution in [2.75, 3.05) is 13.6 Å². The van der Waals surface area contributed by atoms with E-state index in [9.17, 15) is 0 Å². The zero-order valence-electron chi connectivity index (χ0n) is 9.16. The molecule has 1 heterocycles. The molecule has 0 bridgehead atoms. The van der Waals surface area contributed by atoms with Crippen molar-refractivity contribution in [2.45, 2.75) is 19.4 Å². The van der Waals surface area contributed by atoms with E-state index in [1.54, 1.807) is 0 Å². The zero-order valence-corrected chi connectivity index (χ0v) is 9.16. The Kier molecular flexibility index (Phi) is 3.02. The maximum Gasteiger partial charge on any atom is 0.145 e. The van der Waals surface area contributed by atoms with Gasteiger partial charge in [-0.25, -0.2) is 0 Å². The third kappa shape index (κ3) is 2.36. The lowest BCUT2D eigenvalue weighted by molar-refractivity contribution is 0.0866. The van der Waals surface area contributed by atoms with Crippen molar-refractivity contribution in [1.82, 2.24) is 5.32 Å². The lowest BCUT2D eigenvalue weighted by atomic mass is 10.0. The van der Waals surface area contributed by atoms with Crippen molar-refractivity contribution in [3.63, 3.8) is 0 Å². The summed E-state index contributed by atoms with van der Waals surface area (Å²) >= 11 is 0. The molecule has 0 aliphatic carbocycles. The van der Waals surface area contributed by atoms with Crippen LogP contribution < -0.4 is 5.32 Å². The summed E-state index contributed by atoms with van der Waals surface area (Å²) in [6.07, 6.45) is 1.08. The van der Waals surface area contributed by atoms with E-state index in [-0.39, 0.29) is 6.10 Å². The fraction of sp³-hybridized carbons (Fsp3) is 0.417. The molecule has 1 N–H and O–H groups in total. The van der Waals surface area contributed by atoms with Gasteiger partial charge in [-0.05, 0) is 19.5 Å². The molecule has 15 heavy (non-hydrogen) atoms. The first-order chi connectivity index (χ1) is 7.29. The molecule has 0 amide bonds. The molecule has 1 aromatic rings. The van der Waals surface area contributed by atoms with Gasteiger partial charge >= 0.3 is 0 Å². The van der Waals surface area contributed by atoms with Crippen molar-refractivity contribution >= 4 is 5.71 Å². The Morgan fingerprint density at radius 3 is 2.80 bits per heavy atom. The van der Waals surface area contributed by atoms with Crippen molar-refractivity contribution in [3.05, 3.63) is 35.4 Å². The molecule has 0 aromatic heterocycles. The normalized spacial score (nSPS) is 19.9. The number of nitrogens with one attached hydrogen (secondary N) is 1. The van der Waals surface area contributed by atoms with Crippen LogP contribution in [0.3, 0.4) is 0 Å². The van der Waals surface area contributed by atoms with E-state index in [4.69, 9.17) is 4.84 Å².